The van der Waals surface area contributed by atoms with Gasteiger partial charge in [0.15, 0.2) is 0 Å². The monoisotopic (exact) mass is 501 g/mol. The van der Waals surface area contributed by atoms with Gasteiger partial charge >= 0.3 is 6.18 Å². The molecule has 3 amide bonds. The summed E-state index contributed by atoms with van der Waals surface area (Å²) in [5, 5.41) is 3.91. The molecule has 2 aliphatic rings. The molecule has 10 nitrogen and oxygen atoms in total. The highest BCUT2D eigenvalue weighted by molar-refractivity contribution is 7.89. The molecule has 1 aromatic heterocycles. The maximum absolute atomic E-state index is 14.5. The minimum Gasteiger partial charge on any atom is -0.317 e. The summed E-state index contributed by atoms with van der Waals surface area (Å²) in [6.45, 7) is 0. The minimum absolute atomic E-state index is 0.181. The zero-order valence-corrected chi connectivity index (χ0v) is 18.8. The van der Waals surface area contributed by atoms with E-state index in [0.717, 1.165) is 31.9 Å². The summed E-state index contributed by atoms with van der Waals surface area (Å²) >= 11 is 0. The molecule has 1 saturated carbocycles. The number of hydrogen-bond acceptors (Lipinski definition) is 6. The second-order valence-corrected chi connectivity index (χ2v) is 10.3. The molecule has 4 rings (SSSR count). The predicted molar refractivity (Wildman–Crippen MR) is 114 cm³/mol. The molecule has 1 atom stereocenters. The van der Waals surface area contributed by atoms with Gasteiger partial charge in [0.1, 0.15) is 5.52 Å². The Kier molecular flexibility index (Phi) is 5.82. The number of carbonyl (C=O) groups excluding carboxylic acids is 3. The quantitative estimate of drug-likeness (QED) is 0.553. The second kappa shape index (κ2) is 8.25. The van der Waals surface area contributed by atoms with E-state index >= 15 is 0 Å². The van der Waals surface area contributed by atoms with Crippen molar-refractivity contribution in [3.63, 3.8) is 0 Å². The molecule has 1 aliphatic carbocycles. The number of carbonyl (C=O) groups is 3. The number of rotatable bonds is 6. The summed E-state index contributed by atoms with van der Waals surface area (Å²) in [5.41, 5.74) is -4.35. The van der Waals surface area contributed by atoms with E-state index in [-0.39, 0.29) is 28.9 Å². The average Bonchev–Trinajstić information content (AvgIpc) is 3.41. The Bertz CT molecular complexity index is 1280. The Labute approximate surface area is 192 Å². The number of amides is 3. The number of aromatic nitrogens is 2. The second-order valence-electron chi connectivity index (χ2n) is 8.55. The van der Waals surface area contributed by atoms with Gasteiger partial charge in [-0.2, -0.15) is 13.2 Å². The van der Waals surface area contributed by atoms with E-state index in [4.69, 9.17) is 0 Å². The molecule has 1 unspecified atom stereocenters. The fraction of sp³-hybridized carbons (Fsp3) is 0.500. The first kappa shape index (κ1) is 24.0. The van der Waals surface area contributed by atoms with E-state index in [0.29, 0.717) is 11.0 Å². The number of anilines is 1. The first-order valence-corrected chi connectivity index (χ1v) is 12.5. The van der Waals surface area contributed by atoms with Crippen LogP contribution < -0.4 is 15.4 Å². The van der Waals surface area contributed by atoms with Crippen molar-refractivity contribution >= 4 is 44.7 Å². The third-order valence-corrected chi connectivity index (χ3v) is 6.64. The lowest BCUT2D eigenvalue weighted by Gasteiger charge is -2.32. The molecule has 184 valence electrons. The maximum atomic E-state index is 14.5. The molecule has 0 saturated heterocycles. The van der Waals surface area contributed by atoms with Crippen molar-refractivity contribution in [3.05, 3.63) is 23.8 Å². The van der Waals surface area contributed by atoms with E-state index in [1.807, 2.05) is 10.6 Å². The van der Waals surface area contributed by atoms with Gasteiger partial charge in [0, 0.05) is 6.42 Å². The Morgan fingerprint density at radius 2 is 1.94 bits per heavy atom. The van der Waals surface area contributed by atoms with E-state index < -0.39 is 45.5 Å². The molecule has 2 heterocycles. The Morgan fingerprint density at radius 1 is 1.26 bits per heavy atom. The highest BCUT2D eigenvalue weighted by Gasteiger charge is 2.67. The summed E-state index contributed by atoms with van der Waals surface area (Å²) in [6.07, 6.45) is -0.437. The van der Waals surface area contributed by atoms with Crippen molar-refractivity contribution in [3.8, 4) is 0 Å². The van der Waals surface area contributed by atoms with Crippen LogP contribution in [0.15, 0.2) is 18.2 Å². The van der Waals surface area contributed by atoms with Crippen molar-refractivity contribution < 1.29 is 36.0 Å². The van der Waals surface area contributed by atoms with Crippen LogP contribution in [0, 0.1) is 5.92 Å². The van der Waals surface area contributed by atoms with Gasteiger partial charge in [-0.3, -0.25) is 24.3 Å². The first-order valence-electron chi connectivity index (χ1n) is 10.6. The third kappa shape index (κ3) is 4.10. The molecular weight excluding hydrogens is 479 g/mol. The fourth-order valence-electron chi connectivity index (χ4n) is 4.56. The van der Waals surface area contributed by atoms with E-state index in [1.54, 1.807) is 4.72 Å². The molecule has 1 aromatic carbocycles. The standard InChI is InChI=1S/C20H22F3N5O5S/c1-34(32,33)27-16(30)12-7-4-8-13-15(12)24-18-25-17(31)19(28(13)18,20(21,22)23)26-14(29)10-9-11-5-2-3-6-11/h4,7-8,11H,2-3,5-6,9-10H2,1H3,(H,26,29)(H,27,30)(H,24,25,31). The van der Waals surface area contributed by atoms with Gasteiger partial charge in [-0.15, -0.1) is 0 Å². The lowest BCUT2D eigenvalue weighted by molar-refractivity contribution is -0.217. The normalized spacial score (nSPS) is 20.9. The van der Waals surface area contributed by atoms with E-state index in [9.17, 15) is 36.0 Å². The molecule has 2 aromatic rings. The van der Waals surface area contributed by atoms with Crippen LogP contribution >= 0.6 is 0 Å². The lowest BCUT2D eigenvalue weighted by atomic mass is 10.0. The number of halogens is 3. The number of sulfonamides is 1. The molecule has 34 heavy (non-hydrogen) atoms. The molecule has 1 aliphatic heterocycles. The van der Waals surface area contributed by atoms with E-state index in [1.165, 1.54) is 18.2 Å². The van der Waals surface area contributed by atoms with Crippen LogP contribution in [0.4, 0.5) is 19.1 Å². The summed E-state index contributed by atoms with van der Waals surface area (Å²) < 4.78 is 68.5. The van der Waals surface area contributed by atoms with Crippen LogP contribution in [0.3, 0.4) is 0 Å². The van der Waals surface area contributed by atoms with Crippen LogP contribution in [-0.2, 0) is 25.3 Å². The summed E-state index contributed by atoms with van der Waals surface area (Å²) in [4.78, 5) is 41.6. The van der Waals surface area contributed by atoms with Crippen LogP contribution in [0.25, 0.3) is 11.0 Å². The number of benzene rings is 1. The largest absolute Gasteiger partial charge is 0.440 e. The van der Waals surface area contributed by atoms with Gasteiger partial charge in [-0.05, 0) is 24.5 Å². The molecular formula is C20H22F3N5O5S. The SMILES string of the molecule is CS(=O)(=O)NC(=O)c1cccc2c1nc1n2C(NC(=O)CCC2CCCC2)(C(F)(F)F)C(=O)N1. The predicted octanol–water partition coefficient (Wildman–Crippen LogP) is 1.98. The molecule has 14 heteroatoms. The number of para-hydroxylation sites is 1. The van der Waals surface area contributed by atoms with Gasteiger partial charge in [0.25, 0.3) is 17.5 Å². The molecule has 0 radical (unpaired) electrons. The number of fused-ring (bicyclic) bond motifs is 3. The summed E-state index contributed by atoms with van der Waals surface area (Å²) in [7, 11) is -3.96. The van der Waals surface area contributed by atoms with Crippen LogP contribution in [0.2, 0.25) is 0 Å². The van der Waals surface area contributed by atoms with Gasteiger partial charge in [-0.25, -0.2) is 18.1 Å². The van der Waals surface area contributed by atoms with Crippen molar-refractivity contribution in [1.29, 1.82) is 0 Å². The summed E-state index contributed by atoms with van der Waals surface area (Å²) in [6, 6.07) is 3.59. The highest BCUT2D eigenvalue weighted by atomic mass is 32.2. The van der Waals surface area contributed by atoms with E-state index in [2.05, 4.69) is 4.98 Å². The zero-order chi connectivity index (χ0) is 24.9. The Balaban J connectivity index is 1.76. The first-order chi connectivity index (χ1) is 15.8. The highest BCUT2D eigenvalue weighted by Crippen LogP contribution is 2.44. The average molecular weight is 501 g/mol. The smallest absolute Gasteiger partial charge is 0.317 e. The number of nitrogens with zero attached hydrogens (tertiary/aromatic N) is 2. The van der Waals surface area contributed by atoms with Crippen molar-refractivity contribution in [2.24, 2.45) is 5.92 Å². The Hall–Kier alpha value is -3.16. The molecule has 1 fully saturated rings. The van der Waals surface area contributed by atoms with Gasteiger partial charge in [-0.1, -0.05) is 31.7 Å². The topological polar surface area (TPSA) is 139 Å². The third-order valence-electron chi connectivity index (χ3n) is 6.08. The molecule has 0 bridgehead atoms. The minimum atomic E-state index is -5.26. The molecule has 3 N–H and O–H groups in total. The number of alkyl halides is 3. The number of imidazole rings is 1. The maximum Gasteiger partial charge on any atom is 0.440 e. The van der Waals surface area contributed by atoms with Crippen LogP contribution in [0.5, 0.6) is 0 Å². The van der Waals surface area contributed by atoms with Crippen molar-refractivity contribution in [1.82, 2.24) is 19.6 Å². The zero-order valence-electron chi connectivity index (χ0n) is 18.0. The van der Waals surface area contributed by atoms with Gasteiger partial charge < -0.3 is 5.32 Å². The number of nitrogens with one attached hydrogen (secondary N) is 3. The van der Waals surface area contributed by atoms with Crippen LogP contribution in [0.1, 0.15) is 48.9 Å². The lowest BCUT2D eigenvalue weighted by Crippen LogP contribution is -2.63. The van der Waals surface area contributed by atoms with Crippen LogP contribution in [-0.4, -0.2) is 48.1 Å². The fourth-order valence-corrected chi connectivity index (χ4v) is 5.01. The van der Waals surface area contributed by atoms with Crippen molar-refractivity contribution in [2.45, 2.75) is 50.4 Å². The van der Waals surface area contributed by atoms with Gasteiger partial charge in [0.2, 0.25) is 21.9 Å². The Morgan fingerprint density at radius 3 is 2.56 bits per heavy atom. The molecule has 0 spiro atoms. The van der Waals surface area contributed by atoms with Gasteiger partial charge in [0.05, 0.1) is 17.3 Å². The number of hydrogen-bond donors (Lipinski definition) is 3. The van der Waals surface area contributed by atoms with Crippen molar-refractivity contribution in [2.75, 3.05) is 11.6 Å². The summed E-state index contributed by atoms with van der Waals surface area (Å²) in [5.74, 6) is -3.86.